The van der Waals surface area contributed by atoms with E-state index in [0.29, 0.717) is 18.4 Å². The van der Waals surface area contributed by atoms with E-state index in [9.17, 15) is 18.4 Å². The van der Waals surface area contributed by atoms with E-state index >= 15 is 0 Å². The van der Waals surface area contributed by atoms with E-state index in [2.05, 4.69) is 16.3 Å². The average Bonchev–Trinajstić information content (AvgIpc) is 3.40. The molecule has 1 saturated carbocycles. The lowest BCUT2D eigenvalue weighted by Gasteiger charge is -2.25. The van der Waals surface area contributed by atoms with Crippen molar-refractivity contribution in [1.82, 2.24) is 21.3 Å². The predicted octanol–water partition coefficient (Wildman–Crippen LogP) is 0.977. The number of nitrogens with zero attached hydrogens (tertiary/aromatic N) is 1. The molecule has 3 heterocycles. The smallest absolute Gasteiger partial charge is 0.324 e. The molecule has 6 unspecified atom stereocenters. The van der Waals surface area contributed by atoms with Crippen molar-refractivity contribution >= 4 is 11.9 Å². The maximum Gasteiger partial charge on any atom is 0.324 e. The number of alkyl halides is 2. The molecule has 0 radical (unpaired) electrons. The summed E-state index contributed by atoms with van der Waals surface area (Å²) < 4.78 is 37.2. The Kier molecular flexibility index (Phi) is 7.08. The molecule has 0 aromatic carbocycles. The number of fused-ring (bicyclic) bond motifs is 3. The predicted molar refractivity (Wildman–Crippen MR) is 101 cm³/mol. The van der Waals surface area contributed by atoms with E-state index < -0.39 is 24.0 Å². The monoisotopic (exact) mass is 418 g/mol. The van der Waals surface area contributed by atoms with E-state index in [1.54, 1.807) is 0 Å². The van der Waals surface area contributed by atoms with Gasteiger partial charge in [-0.25, -0.2) is 24.6 Å². The standard InChI is InChI=1S/C10H16F2N2O2.C9H16N2O2/c1-6-2-3-10(11,12)8-4-7(13-14-8)9(15)16-5-6;1-11-8(9(12)13-2)6-4-3-5-7(6)10-11/h6-8,13-14H,2-5H2,1H3;6-8,10H,3-5H2,1-2H3. The number of halogens is 2. The second-order valence-corrected chi connectivity index (χ2v) is 8.57. The summed E-state index contributed by atoms with van der Waals surface area (Å²) in [6, 6.07) is -1.21. The number of hydrazine groups is 2. The van der Waals surface area contributed by atoms with Gasteiger partial charge in [0.2, 0.25) is 0 Å². The fourth-order valence-corrected chi connectivity index (χ4v) is 4.62. The summed E-state index contributed by atoms with van der Waals surface area (Å²) in [6.07, 6.45) is 3.83. The molecule has 3 N–H and O–H groups in total. The summed E-state index contributed by atoms with van der Waals surface area (Å²) >= 11 is 0. The van der Waals surface area contributed by atoms with Crippen LogP contribution in [0.15, 0.2) is 0 Å². The van der Waals surface area contributed by atoms with Gasteiger partial charge in [0.15, 0.2) is 0 Å². The number of ether oxygens (including phenoxy) is 2. The fourth-order valence-electron chi connectivity index (χ4n) is 4.62. The molecule has 29 heavy (non-hydrogen) atoms. The summed E-state index contributed by atoms with van der Waals surface area (Å²) in [4.78, 5) is 22.9. The molecule has 166 valence electrons. The first-order chi connectivity index (χ1) is 13.7. The van der Waals surface area contributed by atoms with Crippen LogP contribution in [0.4, 0.5) is 8.78 Å². The van der Waals surface area contributed by atoms with E-state index in [-0.39, 0.29) is 37.4 Å². The van der Waals surface area contributed by atoms with Gasteiger partial charge in [0.05, 0.1) is 19.8 Å². The summed E-state index contributed by atoms with van der Waals surface area (Å²) in [5.41, 5.74) is 8.37. The minimum absolute atomic E-state index is 0.0210. The first-order valence-corrected chi connectivity index (χ1v) is 10.3. The lowest BCUT2D eigenvalue weighted by Crippen LogP contribution is -2.44. The number of methoxy groups -OCH3 is 1. The third-order valence-corrected chi connectivity index (χ3v) is 6.38. The lowest BCUT2D eigenvalue weighted by molar-refractivity contribution is -0.148. The van der Waals surface area contributed by atoms with Crippen molar-refractivity contribution in [2.45, 2.75) is 75.5 Å². The zero-order chi connectivity index (χ0) is 21.2. The van der Waals surface area contributed by atoms with Gasteiger partial charge in [-0.2, -0.15) is 0 Å². The zero-order valence-corrected chi connectivity index (χ0v) is 17.2. The Balaban J connectivity index is 0.000000169. The van der Waals surface area contributed by atoms with Gasteiger partial charge in [-0.05, 0) is 31.6 Å². The number of carbonyl (C=O) groups is 2. The maximum atomic E-state index is 13.7. The minimum atomic E-state index is -2.77. The average molecular weight is 418 g/mol. The maximum absolute atomic E-state index is 13.7. The fraction of sp³-hybridized carbons (Fsp3) is 0.895. The molecule has 0 aromatic rings. The van der Waals surface area contributed by atoms with E-state index in [0.717, 1.165) is 6.42 Å². The van der Waals surface area contributed by atoms with Gasteiger partial charge in [-0.3, -0.25) is 15.0 Å². The minimum Gasteiger partial charge on any atom is -0.468 e. The number of esters is 2. The van der Waals surface area contributed by atoms with Crippen LogP contribution in [0.3, 0.4) is 0 Å². The summed E-state index contributed by atoms with van der Waals surface area (Å²) in [5.74, 6) is -2.89. The highest BCUT2D eigenvalue weighted by atomic mass is 19.3. The third kappa shape index (κ3) is 5.04. The van der Waals surface area contributed by atoms with Gasteiger partial charge in [-0.15, -0.1) is 0 Å². The SMILES string of the molecule is CC1CCC(F)(F)C2CC(NN2)C(=O)OC1.COC(=O)C1C2CCCC2NN1C. The quantitative estimate of drug-likeness (QED) is 0.543. The molecule has 0 aromatic heterocycles. The van der Waals surface area contributed by atoms with Crippen molar-refractivity contribution in [3.05, 3.63) is 0 Å². The number of hydrogen-bond donors (Lipinski definition) is 3. The molecule has 10 heteroatoms. The summed E-state index contributed by atoms with van der Waals surface area (Å²) in [6.45, 7) is 2.03. The molecule has 4 fully saturated rings. The van der Waals surface area contributed by atoms with E-state index in [4.69, 9.17) is 9.47 Å². The molecule has 0 amide bonds. The molecule has 1 aliphatic carbocycles. The molecule has 8 nitrogen and oxygen atoms in total. The Labute approximate surface area is 170 Å². The number of rotatable bonds is 1. The van der Waals surface area contributed by atoms with Crippen molar-refractivity contribution in [1.29, 1.82) is 0 Å². The molecule has 2 bridgehead atoms. The summed E-state index contributed by atoms with van der Waals surface area (Å²) in [5, 5.41) is 1.90. The second-order valence-electron chi connectivity index (χ2n) is 8.57. The largest absolute Gasteiger partial charge is 0.468 e. The normalized spacial score (nSPS) is 39.1. The van der Waals surface area contributed by atoms with Crippen LogP contribution in [0, 0.1) is 11.8 Å². The highest BCUT2D eigenvalue weighted by Gasteiger charge is 2.47. The Hall–Kier alpha value is -1.36. The van der Waals surface area contributed by atoms with Gasteiger partial charge in [0, 0.05) is 25.4 Å². The lowest BCUT2D eigenvalue weighted by atomic mass is 9.95. The van der Waals surface area contributed by atoms with Crippen molar-refractivity contribution in [2.24, 2.45) is 11.8 Å². The number of carbonyl (C=O) groups excluding carboxylic acids is 2. The molecular formula is C19H32F2N4O4. The van der Waals surface area contributed by atoms with Crippen molar-refractivity contribution < 1.29 is 27.8 Å². The van der Waals surface area contributed by atoms with Gasteiger partial charge in [0.25, 0.3) is 5.92 Å². The molecule has 0 spiro atoms. The first-order valence-electron chi connectivity index (χ1n) is 10.3. The van der Waals surface area contributed by atoms with Crippen LogP contribution < -0.4 is 16.3 Å². The molecule has 3 aliphatic heterocycles. The van der Waals surface area contributed by atoms with Crippen molar-refractivity contribution in [3.8, 4) is 0 Å². The van der Waals surface area contributed by atoms with Gasteiger partial charge in [-0.1, -0.05) is 13.3 Å². The van der Waals surface area contributed by atoms with Crippen LogP contribution in [-0.4, -0.2) is 67.8 Å². The molecular weight excluding hydrogens is 386 g/mol. The van der Waals surface area contributed by atoms with Gasteiger partial charge < -0.3 is 9.47 Å². The number of nitrogens with one attached hydrogen (secondary N) is 3. The van der Waals surface area contributed by atoms with Crippen molar-refractivity contribution in [2.75, 3.05) is 20.8 Å². The third-order valence-electron chi connectivity index (χ3n) is 6.38. The molecule has 6 atom stereocenters. The van der Waals surface area contributed by atoms with Crippen LogP contribution >= 0.6 is 0 Å². The highest BCUT2D eigenvalue weighted by Crippen LogP contribution is 2.35. The van der Waals surface area contributed by atoms with E-state index in [1.165, 1.54) is 20.0 Å². The van der Waals surface area contributed by atoms with Gasteiger partial charge in [0.1, 0.15) is 12.1 Å². The van der Waals surface area contributed by atoms with Crippen LogP contribution in [0.1, 0.15) is 45.4 Å². The highest BCUT2D eigenvalue weighted by molar-refractivity contribution is 5.76. The molecule has 4 aliphatic rings. The molecule has 3 saturated heterocycles. The number of cyclic esters (lactones) is 1. The topological polar surface area (TPSA) is 91.9 Å². The van der Waals surface area contributed by atoms with Crippen LogP contribution in [0.5, 0.6) is 0 Å². The Bertz CT molecular complexity index is 609. The van der Waals surface area contributed by atoms with Crippen LogP contribution in [0.25, 0.3) is 0 Å². The second kappa shape index (κ2) is 9.20. The van der Waals surface area contributed by atoms with E-state index in [1.807, 2.05) is 19.0 Å². The zero-order valence-electron chi connectivity index (χ0n) is 17.2. The number of hydrogen-bond acceptors (Lipinski definition) is 8. The van der Waals surface area contributed by atoms with Crippen LogP contribution in [-0.2, 0) is 19.1 Å². The van der Waals surface area contributed by atoms with Crippen LogP contribution in [0.2, 0.25) is 0 Å². The first kappa shape index (κ1) is 22.3. The number of likely N-dealkylation sites (N-methyl/N-ethyl adjacent to an activating group) is 1. The van der Waals surface area contributed by atoms with Gasteiger partial charge >= 0.3 is 11.9 Å². The Morgan fingerprint density at radius 2 is 2.03 bits per heavy atom. The molecule has 4 rings (SSSR count). The van der Waals surface area contributed by atoms with Crippen molar-refractivity contribution in [3.63, 3.8) is 0 Å². The Morgan fingerprint density at radius 1 is 1.28 bits per heavy atom. The Morgan fingerprint density at radius 3 is 2.76 bits per heavy atom. The summed E-state index contributed by atoms with van der Waals surface area (Å²) in [7, 11) is 3.37.